The lowest BCUT2D eigenvalue weighted by molar-refractivity contribution is -0.143. The van der Waals surface area contributed by atoms with Crippen LogP contribution in [0.4, 0.5) is 0 Å². The molecule has 0 aliphatic rings. The molecule has 0 aliphatic heterocycles. The van der Waals surface area contributed by atoms with E-state index in [2.05, 4.69) is 13.8 Å². The molecule has 0 aliphatic carbocycles. The number of rotatable bonds is 12. The molecule has 1 rings (SSSR count). The summed E-state index contributed by atoms with van der Waals surface area (Å²) in [7, 11) is 0. The Morgan fingerprint density at radius 3 is 1.67 bits per heavy atom. The van der Waals surface area contributed by atoms with Gasteiger partial charge in [0.1, 0.15) is 0 Å². The van der Waals surface area contributed by atoms with E-state index in [1.165, 1.54) is 0 Å². The van der Waals surface area contributed by atoms with Crippen LogP contribution in [0.15, 0.2) is 24.3 Å². The molecule has 1 aromatic rings. The van der Waals surface area contributed by atoms with Crippen LogP contribution in [0.2, 0.25) is 0 Å². The summed E-state index contributed by atoms with van der Waals surface area (Å²) in [6, 6.07) is 7.49. The van der Waals surface area contributed by atoms with E-state index in [4.69, 9.17) is 9.47 Å². The zero-order valence-corrected chi connectivity index (χ0v) is 15.0. The van der Waals surface area contributed by atoms with E-state index in [1.54, 1.807) is 0 Å². The SMILES string of the molecule is CCCCCOC(=O)Cc1cccc(CC(=O)OCCCCC)c1. The summed E-state index contributed by atoms with van der Waals surface area (Å²) in [6.07, 6.45) is 6.66. The fraction of sp³-hybridized carbons (Fsp3) is 0.600. The van der Waals surface area contributed by atoms with E-state index in [-0.39, 0.29) is 24.8 Å². The fourth-order valence-electron chi connectivity index (χ4n) is 2.36. The number of ether oxygens (including phenoxy) is 2. The summed E-state index contributed by atoms with van der Waals surface area (Å²) in [5, 5.41) is 0. The van der Waals surface area contributed by atoms with Crippen molar-refractivity contribution in [2.45, 2.75) is 65.2 Å². The van der Waals surface area contributed by atoms with Crippen LogP contribution in [0, 0.1) is 0 Å². The molecule has 0 unspecified atom stereocenters. The van der Waals surface area contributed by atoms with Crippen molar-refractivity contribution >= 4 is 11.9 Å². The van der Waals surface area contributed by atoms with Crippen molar-refractivity contribution in [3.63, 3.8) is 0 Å². The summed E-state index contributed by atoms with van der Waals surface area (Å²) >= 11 is 0. The van der Waals surface area contributed by atoms with Crippen molar-refractivity contribution in [2.75, 3.05) is 13.2 Å². The van der Waals surface area contributed by atoms with Crippen molar-refractivity contribution in [3.8, 4) is 0 Å². The Kier molecular flexibility index (Phi) is 10.6. The molecule has 0 spiro atoms. The van der Waals surface area contributed by atoms with Crippen LogP contribution in [0.25, 0.3) is 0 Å². The molecule has 0 amide bonds. The first kappa shape index (κ1) is 20.2. The molecule has 4 nitrogen and oxygen atoms in total. The highest BCUT2D eigenvalue weighted by Gasteiger charge is 2.08. The lowest BCUT2D eigenvalue weighted by atomic mass is 10.1. The van der Waals surface area contributed by atoms with Gasteiger partial charge in [0.25, 0.3) is 0 Å². The highest BCUT2D eigenvalue weighted by atomic mass is 16.5. The van der Waals surface area contributed by atoms with Crippen LogP contribution >= 0.6 is 0 Å². The van der Waals surface area contributed by atoms with Gasteiger partial charge in [-0.25, -0.2) is 0 Å². The Balaban J connectivity index is 2.37. The van der Waals surface area contributed by atoms with E-state index in [1.807, 2.05) is 24.3 Å². The predicted octanol–water partition coefficient (Wildman–Crippen LogP) is 4.24. The van der Waals surface area contributed by atoms with Gasteiger partial charge in [-0.3, -0.25) is 9.59 Å². The molecule has 24 heavy (non-hydrogen) atoms. The third-order valence-corrected chi connectivity index (χ3v) is 3.71. The Morgan fingerprint density at radius 2 is 1.25 bits per heavy atom. The average molecular weight is 334 g/mol. The molecule has 0 N–H and O–H groups in total. The van der Waals surface area contributed by atoms with Gasteiger partial charge in [0, 0.05) is 0 Å². The first-order valence-corrected chi connectivity index (χ1v) is 9.04. The topological polar surface area (TPSA) is 52.6 Å². The smallest absolute Gasteiger partial charge is 0.310 e. The minimum Gasteiger partial charge on any atom is -0.465 e. The molecule has 0 heterocycles. The highest BCUT2D eigenvalue weighted by Crippen LogP contribution is 2.09. The Bertz CT molecular complexity index is 455. The summed E-state index contributed by atoms with van der Waals surface area (Å²) < 4.78 is 10.4. The number of carbonyl (C=O) groups is 2. The third-order valence-electron chi connectivity index (χ3n) is 3.71. The van der Waals surface area contributed by atoms with Crippen molar-refractivity contribution in [1.29, 1.82) is 0 Å². The van der Waals surface area contributed by atoms with Crippen molar-refractivity contribution < 1.29 is 19.1 Å². The van der Waals surface area contributed by atoms with Crippen molar-refractivity contribution in [1.82, 2.24) is 0 Å². The first-order chi connectivity index (χ1) is 11.7. The van der Waals surface area contributed by atoms with E-state index < -0.39 is 0 Å². The molecule has 0 bridgehead atoms. The maximum Gasteiger partial charge on any atom is 0.310 e. The maximum atomic E-state index is 11.8. The van der Waals surface area contributed by atoms with Gasteiger partial charge in [0.05, 0.1) is 26.1 Å². The Morgan fingerprint density at radius 1 is 0.792 bits per heavy atom. The molecule has 1 aromatic carbocycles. The minimum absolute atomic E-state index is 0.217. The minimum atomic E-state index is -0.217. The maximum absolute atomic E-state index is 11.8. The lowest BCUT2D eigenvalue weighted by Gasteiger charge is -2.07. The Labute approximate surface area is 145 Å². The third kappa shape index (κ3) is 9.33. The van der Waals surface area contributed by atoms with Gasteiger partial charge in [0.15, 0.2) is 0 Å². The van der Waals surface area contributed by atoms with Gasteiger partial charge in [-0.2, -0.15) is 0 Å². The van der Waals surface area contributed by atoms with Gasteiger partial charge in [0.2, 0.25) is 0 Å². The normalized spacial score (nSPS) is 10.4. The highest BCUT2D eigenvalue weighted by molar-refractivity contribution is 5.74. The Hall–Kier alpha value is -1.84. The quantitative estimate of drug-likeness (QED) is 0.424. The zero-order chi connectivity index (χ0) is 17.6. The van der Waals surface area contributed by atoms with Crippen LogP contribution in [-0.2, 0) is 31.9 Å². The number of hydrogen-bond acceptors (Lipinski definition) is 4. The van der Waals surface area contributed by atoms with E-state index >= 15 is 0 Å². The number of unbranched alkanes of at least 4 members (excludes halogenated alkanes) is 4. The van der Waals surface area contributed by atoms with E-state index in [9.17, 15) is 9.59 Å². The summed E-state index contributed by atoms with van der Waals surface area (Å²) in [4.78, 5) is 23.6. The molecule has 0 atom stereocenters. The van der Waals surface area contributed by atoms with Crippen molar-refractivity contribution in [2.24, 2.45) is 0 Å². The summed E-state index contributed by atoms with van der Waals surface area (Å²) in [5.74, 6) is -0.434. The van der Waals surface area contributed by atoms with Gasteiger partial charge in [-0.15, -0.1) is 0 Å². The molecule has 4 heteroatoms. The number of benzene rings is 1. The van der Waals surface area contributed by atoms with Crippen LogP contribution in [0.3, 0.4) is 0 Å². The standard InChI is InChI=1S/C20H30O4/c1-3-5-7-12-23-19(21)15-17-10-9-11-18(14-17)16-20(22)24-13-8-6-4-2/h9-11,14H,3-8,12-13,15-16H2,1-2H3. The van der Waals surface area contributed by atoms with Crippen LogP contribution in [0.5, 0.6) is 0 Å². The first-order valence-electron chi connectivity index (χ1n) is 9.04. The van der Waals surface area contributed by atoms with Gasteiger partial charge in [-0.1, -0.05) is 63.8 Å². The molecule has 0 fully saturated rings. The van der Waals surface area contributed by atoms with Crippen LogP contribution in [-0.4, -0.2) is 25.2 Å². The van der Waals surface area contributed by atoms with Crippen molar-refractivity contribution in [3.05, 3.63) is 35.4 Å². The average Bonchev–Trinajstić information content (AvgIpc) is 2.56. The predicted molar refractivity (Wildman–Crippen MR) is 94.8 cm³/mol. The molecular weight excluding hydrogens is 304 g/mol. The zero-order valence-electron chi connectivity index (χ0n) is 15.0. The van der Waals surface area contributed by atoms with Crippen LogP contribution < -0.4 is 0 Å². The van der Waals surface area contributed by atoms with Gasteiger partial charge < -0.3 is 9.47 Å². The monoisotopic (exact) mass is 334 g/mol. The lowest BCUT2D eigenvalue weighted by Crippen LogP contribution is -2.11. The van der Waals surface area contributed by atoms with Gasteiger partial charge >= 0.3 is 11.9 Å². The molecular formula is C20H30O4. The van der Waals surface area contributed by atoms with Gasteiger partial charge in [-0.05, 0) is 24.0 Å². The number of carbonyl (C=O) groups excluding carboxylic acids is 2. The van der Waals surface area contributed by atoms with Crippen LogP contribution in [0.1, 0.15) is 63.5 Å². The summed E-state index contributed by atoms with van der Waals surface area (Å²) in [6.45, 7) is 5.19. The summed E-state index contributed by atoms with van der Waals surface area (Å²) in [5.41, 5.74) is 1.73. The molecule has 0 radical (unpaired) electrons. The van der Waals surface area contributed by atoms with E-state index in [0.717, 1.165) is 49.7 Å². The molecule has 0 saturated carbocycles. The second kappa shape index (κ2) is 12.6. The molecule has 134 valence electrons. The molecule has 0 saturated heterocycles. The van der Waals surface area contributed by atoms with E-state index in [0.29, 0.717) is 13.2 Å². The number of hydrogen-bond donors (Lipinski definition) is 0. The largest absolute Gasteiger partial charge is 0.465 e. The second-order valence-electron chi connectivity index (χ2n) is 6.03. The number of esters is 2. The second-order valence-corrected chi connectivity index (χ2v) is 6.03. The fourth-order valence-corrected chi connectivity index (χ4v) is 2.36. The molecule has 0 aromatic heterocycles.